The summed E-state index contributed by atoms with van der Waals surface area (Å²) in [6.07, 6.45) is 2.00. The van der Waals surface area contributed by atoms with Crippen molar-refractivity contribution in [1.82, 2.24) is 4.40 Å². The van der Waals surface area contributed by atoms with E-state index in [4.69, 9.17) is 4.74 Å². The number of nitrogens with one attached hydrogen (secondary N) is 1. The molecule has 0 aliphatic carbocycles. The summed E-state index contributed by atoms with van der Waals surface area (Å²) in [6, 6.07) is 24.4. The standard InChI is InChI=1S/C26H26N2O2/c1-4-30-26(29)21-17-24(28-15-8-7-14-23(21)28)25(20-12-9-10-18(2)16-20)27-22-13-6-5-11-19(22)3/h5-17,25,27H,4H2,1-3H3/t25-/m0/s1. The fourth-order valence-electron chi connectivity index (χ4n) is 3.84. The van der Waals surface area contributed by atoms with Crippen LogP contribution in [0.1, 0.15) is 45.7 Å². The molecule has 0 saturated carbocycles. The number of pyridine rings is 1. The van der Waals surface area contributed by atoms with Crippen LogP contribution in [0.15, 0.2) is 79.0 Å². The van der Waals surface area contributed by atoms with E-state index in [-0.39, 0.29) is 12.0 Å². The summed E-state index contributed by atoms with van der Waals surface area (Å²) >= 11 is 0. The van der Waals surface area contributed by atoms with Crippen molar-refractivity contribution in [2.75, 3.05) is 11.9 Å². The van der Waals surface area contributed by atoms with Crippen LogP contribution in [0.3, 0.4) is 0 Å². The molecule has 4 heteroatoms. The number of aryl methyl sites for hydroxylation is 2. The molecule has 0 radical (unpaired) electrons. The van der Waals surface area contributed by atoms with Crippen LogP contribution in [0.2, 0.25) is 0 Å². The zero-order chi connectivity index (χ0) is 21.1. The average molecular weight is 399 g/mol. The Labute approximate surface area is 177 Å². The lowest BCUT2D eigenvalue weighted by atomic mass is 10.00. The first kappa shape index (κ1) is 19.8. The molecule has 4 nitrogen and oxygen atoms in total. The van der Waals surface area contributed by atoms with Gasteiger partial charge in [0.25, 0.3) is 0 Å². The van der Waals surface area contributed by atoms with Crippen molar-refractivity contribution in [3.05, 3.63) is 107 Å². The average Bonchev–Trinajstić information content (AvgIpc) is 3.13. The summed E-state index contributed by atoms with van der Waals surface area (Å²) in [4.78, 5) is 12.6. The molecule has 152 valence electrons. The highest BCUT2D eigenvalue weighted by Gasteiger charge is 2.23. The molecule has 30 heavy (non-hydrogen) atoms. The van der Waals surface area contributed by atoms with E-state index in [9.17, 15) is 4.79 Å². The fraction of sp³-hybridized carbons (Fsp3) is 0.192. The number of fused-ring (bicyclic) bond motifs is 1. The van der Waals surface area contributed by atoms with Gasteiger partial charge in [-0.2, -0.15) is 0 Å². The number of aromatic nitrogens is 1. The van der Waals surface area contributed by atoms with Crippen LogP contribution in [0, 0.1) is 13.8 Å². The third kappa shape index (κ3) is 3.81. The van der Waals surface area contributed by atoms with Gasteiger partial charge in [0, 0.05) is 11.9 Å². The Kier molecular flexibility index (Phi) is 5.57. The molecule has 0 bridgehead atoms. The molecule has 0 amide bonds. The maximum absolute atomic E-state index is 12.6. The lowest BCUT2D eigenvalue weighted by molar-refractivity contribution is 0.0528. The van der Waals surface area contributed by atoms with Gasteiger partial charge in [-0.15, -0.1) is 0 Å². The van der Waals surface area contributed by atoms with E-state index in [2.05, 4.69) is 60.0 Å². The molecule has 4 aromatic rings. The maximum Gasteiger partial charge on any atom is 0.340 e. The number of carbonyl (C=O) groups excluding carboxylic acids is 1. The first-order valence-electron chi connectivity index (χ1n) is 10.2. The maximum atomic E-state index is 12.6. The molecule has 0 spiro atoms. The second kappa shape index (κ2) is 8.46. The second-order valence-electron chi connectivity index (χ2n) is 7.47. The first-order chi connectivity index (χ1) is 14.6. The number of para-hydroxylation sites is 1. The fourth-order valence-corrected chi connectivity index (χ4v) is 3.84. The summed E-state index contributed by atoms with van der Waals surface area (Å²) in [7, 11) is 0. The largest absolute Gasteiger partial charge is 0.462 e. The van der Waals surface area contributed by atoms with Crippen LogP contribution in [0.25, 0.3) is 5.52 Å². The predicted octanol–water partition coefficient (Wildman–Crippen LogP) is 5.93. The Morgan fingerprint density at radius 3 is 2.57 bits per heavy atom. The molecule has 0 unspecified atom stereocenters. The molecule has 0 fully saturated rings. The number of rotatable bonds is 6. The summed E-state index contributed by atoms with van der Waals surface area (Å²) in [5.41, 5.74) is 6.97. The topological polar surface area (TPSA) is 42.7 Å². The van der Waals surface area contributed by atoms with Gasteiger partial charge in [0.15, 0.2) is 0 Å². The number of carbonyl (C=O) groups is 1. The number of hydrogen-bond acceptors (Lipinski definition) is 3. The molecule has 1 atom stereocenters. The Balaban J connectivity index is 1.90. The van der Waals surface area contributed by atoms with E-state index >= 15 is 0 Å². The predicted molar refractivity (Wildman–Crippen MR) is 121 cm³/mol. The Morgan fingerprint density at radius 1 is 1.00 bits per heavy atom. The number of nitrogens with zero attached hydrogens (tertiary/aromatic N) is 1. The van der Waals surface area contributed by atoms with Gasteiger partial charge in [0.05, 0.1) is 29.4 Å². The summed E-state index contributed by atoms with van der Waals surface area (Å²) < 4.78 is 7.39. The highest BCUT2D eigenvalue weighted by atomic mass is 16.5. The Hall–Kier alpha value is -3.53. The van der Waals surface area contributed by atoms with E-state index in [0.717, 1.165) is 22.5 Å². The minimum absolute atomic E-state index is 0.135. The molecule has 4 rings (SSSR count). The van der Waals surface area contributed by atoms with E-state index in [1.807, 2.05) is 49.5 Å². The summed E-state index contributed by atoms with van der Waals surface area (Å²) in [5.74, 6) is -0.300. The van der Waals surface area contributed by atoms with E-state index in [1.165, 1.54) is 11.1 Å². The summed E-state index contributed by atoms with van der Waals surface area (Å²) in [5, 5.41) is 3.71. The van der Waals surface area contributed by atoms with Gasteiger partial charge in [-0.25, -0.2) is 4.79 Å². The molecule has 2 heterocycles. The quantitative estimate of drug-likeness (QED) is 0.409. The van der Waals surface area contributed by atoms with Crippen molar-refractivity contribution in [1.29, 1.82) is 0 Å². The van der Waals surface area contributed by atoms with Gasteiger partial charge in [-0.05, 0) is 56.2 Å². The van der Waals surface area contributed by atoms with Crippen LogP contribution in [0.4, 0.5) is 5.69 Å². The number of hydrogen-bond donors (Lipinski definition) is 1. The number of ether oxygens (including phenoxy) is 1. The zero-order valence-corrected chi connectivity index (χ0v) is 17.6. The molecule has 2 aromatic carbocycles. The molecular formula is C26H26N2O2. The summed E-state index contributed by atoms with van der Waals surface area (Å²) in [6.45, 7) is 6.36. The third-order valence-corrected chi connectivity index (χ3v) is 5.32. The Morgan fingerprint density at radius 2 is 1.80 bits per heavy atom. The number of benzene rings is 2. The first-order valence-corrected chi connectivity index (χ1v) is 10.2. The van der Waals surface area contributed by atoms with Crippen molar-refractivity contribution < 1.29 is 9.53 Å². The van der Waals surface area contributed by atoms with Gasteiger partial charge in [0.1, 0.15) is 0 Å². The van der Waals surface area contributed by atoms with Crippen LogP contribution < -0.4 is 5.32 Å². The lowest BCUT2D eigenvalue weighted by Gasteiger charge is -2.22. The highest BCUT2D eigenvalue weighted by molar-refractivity contribution is 5.97. The monoisotopic (exact) mass is 398 g/mol. The zero-order valence-electron chi connectivity index (χ0n) is 17.6. The minimum atomic E-state index is -0.300. The second-order valence-corrected chi connectivity index (χ2v) is 7.47. The van der Waals surface area contributed by atoms with Gasteiger partial charge in [-0.1, -0.05) is 54.1 Å². The van der Waals surface area contributed by atoms with E-state index < -0.39 is 0 Å². The van der Waals surface area contributed by atoms with Gasteiger partial charge >= 0.3 is 5.97 Å². The molecule has 1 N–H and O–H groups in total. The van der Waals surface area contributed by atoms with Crippen molar-refractivity contribution in [2.45, 2.75) is 26.8 Å². The van der Waals surface area contributed by atoms with E-state index in [1.54, 1.807) is 0 Å². The van der Waals surface area contributed by atoms with Crippen molar-refractivity contribution in [3.63, 3.8) is 0 Å². The number of anilines is 1. The van der Waals surface area contributed by atoms with Crippen LogP contribution in [-0.4, -0.2) is 17.0 Å². The number of esters is 1. The third-order valence-electron chi connectivity index (χ3n) is 5.32. The molecule has 0 saturated heterocycles. The lowest BCUT2D eigenvalue weighted by Crippen LogP contribution is -2.15. The van der Waals surface area contributed by atoms with Crippen molar-refractivity contribution in [3.8, 4) is 0 Å². The van der Waals surface area contributed by atoms with Gasteiger partial charge in [-0.3, -0.25) is 0 Å². The van der Waals surface area contributed by atoms with Crippen LogP contribution in [0.5, 0.6) is 0 Å². The molecular weight excluding hydrogens is 372 g/mol. The normalized spacial score (nSPS) is 12.0. The van der Waals surface area contributed by atoms with E-state index in [0.29, 0.717) is 12.2 Å². The van der Waals surface area contributed by atoms with Crippen molar-refractivity contribution >= 4 is 17.2 Å². The highest BCUT2D eigenvalue weighted by Crippen LogP contribution is 2.32. The smallest absolute Gasteiger partial charge is 0.340 e. The van der Waals surface area contributed by atoms with Crippen LogP contribution >= 0.6 is 0 Å². The minimum Gasteiger partial charge on any atom is -0.462 e. The molecule has 0 aliphatic heterocycles. The Bertz CT molecular complexity index is 1190. The SMILES string of the molecule is CCOC(=O)c1cc([C@@H](Nc2ccccc2C)c2cccc(C)c2)n2ccccc12. The van der Waals surface area contributed by atoms with Gasteiger partial charge in [0.2, 0.25) is 0 Å². The molecule has 0 aliphatic rings. The molecule has 2 aromatic heterocycles. The van der Waals surface area contributed by atoms with Gasteiger partial charge < -0.3 is 14.5 Å². The van der Waals surface area contributed by atoms with Crippen LogP contribution in [-0.2, 0) is 4.74 Å². The van der Waals surface area contributed by atoms with Crippen molar-refractivity contribution in [2.24, 2.45) is 0 Å².